The minimum atomic E-state index is -0.0588. The van der Waals surface area contributed by atoms with Crippen LogP contribution in [0.15, 0.2) is 47.1 Å². The van der Waals surface area contributed by atoms with Gasteiger partial charge in [-0.05, 0) is 36.4 Å². The van der Waals surface area contributed by atoms with Crippen LogP contribution in [0.5, 0.6) is 0 Å². The number of nitrogens with one attached hydrogen (secondary N) is 1. The third-order valence-corrected chi connectivity index (χ3v) is 5.18. The quantitative estimate of drug-likeness (QED) is 0.714. The summed E-state index contributed by atoms with van der Waals surface area (Å²) in [7, 11) is 0. The van der Waals surface area contributed by atoms with E-state index >= 15 is 0 Å². The molecule has 8 heteroatoms. The maximum atomic E-state index is 12.8. The van der Waals surface area contributed by atoms with Crippen LogP contribution in [0.3, 0.4) is 0 Å². The van der Waals surface area contributed by atoms with Crippen LogP contribution in [0.25, 0.3) is 11.3 Å². The van der Waals surface area contributed by atoms with Gasteiger partial charge in [-0.15, -0.1) is 0 Å². The molecule has 1 amide bonds. The summed E-state index contributed by atoms with van der Waals surface area (Å²) in [6, 6.07) is 10.8. The van der Waals surface area contributed by atoms with Crippen molar-refractivity contribution in [1.82, 2.24) is 20.0 Å². The second-order valence-corrected chi connectivity index (χ2v) is 7.28. The van der Waals surface area contributed by atoms with E-state index in [1.54, 1.807) is 30.5 Å². The molecule has 140 valence electrons. The van der Waals surface area contributed by atoms with Gasteiger partial charge in [0, 0.05) is 36.8 Å². The molecule has 27 heavy (non-hydrogen) atoms. The molecular weight excluding hydrogens is 387 g/mol. The average Bonchev–Trinajstić information content (AvgIpc) is 3.34. The molecule has 3 heterocycles. The SMILES string of the molecule is O=C(c1cc(-c2ccc(Cl)cc2Cl)n[nH]1)N1CCN(Cc2ccco2)CC1. The molecular formula is C19H18Cl2N4O2. The van der Waals surface area contributed by atoms with Gasteiger partial charge in [0.25, 0.3) is 5.91 Å². The molecule has 0 spiro atoms. The Hall–Kier alpha value is -2.28. The number of halogens is 2. The fourth-order valence-corrected chi connectivity index (χ4v) is 3.67. The van der Waals surface area contributed by atoms with Gasteiger partial charge in [-0.25, -0.2) is 0 Å². The summed E-state index contributed by atoms with van der Waals surface area (Å²) < 4.78 is 5.39. The number of H-pyrrole nitrogens is 1. The van der Waals surface area contributed by atoms with Crippen molar-refractivity contribution in [2.75, 3.05) is 26.2 Å². The molecule has 4 rings (SSSR count). The second kappa shape index (κ2) is 7.76. The summed E-state index contributed by atoms with van der Waals surface area (Å²) in [6.07, 6.45) is 1.68. The van der Waals surface area contributed by atoms with Gasteiger partial charge < -0.3 is 9.32 Å². The lowest BCUT2D eigenvalue weighted by atomic mass is 10.1. The Morgan fingerprint density at radius 2 is 1.96 bits per heavy atom. The molecule has 1 aliphatic rings. The molecule has 0 radical (unpaired) electrons. The number of aromatic amines is 1. The van der Waals surface area contributed by atoms with Gasteiger partial charge in [-0.1, -0.05) is 23.2 Å². The predicted molar refractivity (Wildman–Crippen MR) is 104 cm³/mol. The van der Waals surface area contributed by atoms with Crippen molar-refractivity contribution in [2.45, 2.75) is 6.54 Å². The molecule has 6 nitrogen and oxygen atoms in total. The van der Waals surface area contributed by atoms with Gasteiger partial charge in [0.1, 0.15) is 11.5 Å². The summed E-state index contributed by atoms with van der Waals surface area (Å²) in [5.74, 6) is 0.879. The highest BCUT2D eigenvalue weighted by Crippen LogP contribution is 2.29. The van der Waals surface area contributed by atoms with E-state index in [9.17, 15) is 4.79 Å². The van der Waals surface area contributed by atoms with Gasteiger partial charge >= 0.3 is 0 Å². The molecule has 2 aromatic heterocycles. The summed E-state index contributed by atoms with van der Waals surface area (Å²) in [5.41, 5.74) is 1.81. The minimum Gasteiger partial charge on any atom is -0.468 e. The van der Waals surface area contributed by atoms with Crippen LogP contribution in [0.4, 0.5) is 0 Å². The standard InChI is InChI=1S/C19H18Cl2N4O2/c20-13-3-4-15(16(21)10-13)17-11-18(23-22-17)19(26)25-7-5-24(6-8-25)12-14-2-1-9-27-14/h1-4,9-11H,5-8,12H2,(H,22,23). The van der Waals surface area contributed by atoms with Crippen molar-refractivity contribution in [3.05, 3.63) is 64.2 Å². The van der Waals surface area contributed by atoms with Crippen LogP contribution in [0.1, 0.15) is 16.2 Å². The Kier molecular flexibility index (Phi) is 5.20. The number of rotatable bonds is 4. The number of furan rings is 1. The number of amides is 1. The molecule has 3 aromatic rings. The van der Waals surface area contributed by atoms with E-state index < -0.39 is 0 Å². The van der Waals surface area contributed by atoms with Crippen LogP contribution < -0.4 is 0 Å². The molecule has 1 aliphatic heterocycles. The average molecular weight is 405 g/mol. The zero-order chi connectivity index (χ0) is 18.8. The Balaban J connectivity index is 1.40. The van der Waals surface area contributed by atoms with Crippen molar-refractivity contribution in [1.29, 1.82) is 0 Å². The molecule has 0 aliphatic carbocycles. The number of nitrogens with zero attached hydrogens (tertiary/aromatic N) is 3. The zero-order valence-corrected chi connectivity index (χ0v) is 16.0. The number of piperazine rings is 1. The molecule has 0 unspecified atom stereocenters. The molecule has 0 atom stereocenters. The van der Waals surface area contributed by atoms with Gasteiger partial charge in [-0.3, -0.25) is 14.8 Å². The first-order valence-corrected chi connectivity index (χ1v) is 9.40. The van der Waals surface area contributed by atoms with Gasteiger partial charge in [-0.2, -0.15) is 5.10 Å². The normalized spacial score (nSPS) is 15.3. The Labute approximate surface area is 166 Å². The van der Waals surface area contributed by atoms with Gasteiger partial charge in [0.2, 0.25) is 0 Å². The van der Waals surface area contributed by atoms with E-state index in [-0.39, 0.29) is 5.91 Å². The molecule has 1 aromatic carbocycles. The summed E-state index contributed by atoms with van der Waals surface area (Å²) in [5, 5.41) is 8.12. The highest BCUT2D eigenvalue weighted by molar-refractivity contribution is 6.36. The van der Waals surface area contributed by atoms with E-state index in [0.717, 1.165) is 31.0 Å². The topological polar surface area (TPSA) is 65.4 Å². The maximum Gasteiger partial charge on any atom is 0.271 e. The lowest BCUT2D eigenvalue weighted by Gasteiger charge is -2.33. The highest BCUT2D eigenvalue weighted by Gasteiger charge is 2.24. The molecule has 1 saturated heterocycles. The highest BCUT2D eigenvalue weighted by atomic mass is 35.5. The summed E-state index contributed by atoms with van der Waals surface area (Å²) >= 11 is 12.2. The number of carbonyl (C=O) groups excluding carboxylic acids is 1. The Morgan fingerprint density at radius 3 is 2.67 bits per heavy atom. The number of hydrogen-bond donors (Lipinski definition) is 1. The van der Waals surface area contributed by atoms with Crippen molar-refractivity contribution in [2.24, 2.45) is 0 Å². The second-order valence-electron chi connectivity index (χ2n) is 6.44. The molecule has 0 bridgehead atoms. The van der Waals surface area contributed by atoms with Crippen molar-refractivity contribution in [3.8, 4) is 11.3 Å². The number of aromatic nitrogens is 2. The van der Waals surface area contributed by atoms with Crippen LogP contribution >= 0.6 is 23.2 Å². The Morgan fingerprint density at radius 1 is 1.15 bits per heavy atom. The van der Waals surface area contributed by atoms with Crippen molar-refractivity contribution >= 4 is 29.1 Å². The number of carbonyl (C=O) groups is 1. The first-order valence-electron chi connectivity index (χ1n) is 8.65. The van der Waals surface area contributed by atoms with E-state index in [1.807, 2.05) is 17.0 Å². The first-order chi connectivity index (χ1) is 13.1. The van der Waals surface area contributed by atoms with Gasteiger partial charge in [0.05, 0.1) is 23.5 Å². The largest absolute Gasteiger partial charge is 0.468 e. The van der Waals surface area contributed by atoms with Crippen molar-refractivity contribution in [3.63, 3.8) is 0 Å². The van der Waals surface area contributed by atoms with Gasteiger partial charge in [0.15, 0.2) is 0 Å². The molecule has 1 fully saturated rings. The zero-order valence-electron chi connectivity index (χ0n) is 14.5. The third kappa shape index (κ3) is 4.03. The van der Waals surface area contributed by atoms with E-state index in [1.165, 1.54) is 0 Å². The lowest BCUT2D eigenvalue weighted by molar-refractivity contribution is 0.0614. The predicted octanol–water partition coefficient (Wildman–Crippen LogP) is 3.93. The Bertz CT molecular complexity index is 931. The molecule has 1 N–H and O–H groups in total. The monoisotopic (exact) mass is 404 g/mol. The molecule has 0 saturated carbocycles. The van der Waals surface area contributed by atoms with E-state index in [0.29, 0.717) is 34.5 Å². The first kappa shape index (κ1) is 18.1. The maximum absolute atomic E-state index is 12.8. The fraction of sp³-hybridized carbons (Fsp3) is 0.263. The fourth-order valence-electron chi connectivity index (χ4n) is 3.17. The van der Waals surface area contributed by atoms with Crippen LogP contribution in [0.2, 0.25) is 10.0 Å². The number of benzene rings is 1. The van der Waals surface area contributed by atoms with Crippen LogP contribution in [-0.4, -0.2) is 52.1 Å². The van der Waals surface area contributed by atoms with Crippen LogP contribution in [0, 0.1) is 0 Å². The van der Waals surface area contributed by atoms with E-state index in [2.05, 4.69) is 15.1 Å². The van der Waals surface area contributed by atoms with Crippen LogP contribution in [-0.2, 0) is 6.54 Å². The lowest BCUT2D eigenvalue weighted by Crippen LogP contribution is -2.48. The smallest absolute Gasteiger partial charge is 0.271 e. The number of hydrogen-bond acceptors (Lipinski definition) is 4. The minimum absolute atomic E-state index is 0.0588. The summed E-state index contributed by atoms with van der Waals surface area (Å²) in [6.45, 7) is 3.69. The van der Waals surface area contributed by atoms with E-state index in [4.69, 9.17) is 27.6 Å². The third-order valence-electron chi connectivity index (χ3n) is 4.63. The van der Waals surface area contributed by atoms with Crippen molar-refractivity contribution < 1.29 is 9.21 Å². The summed E-state index contributed by atoms with van der Waals surface area (Å²) in [4.78, 5) is 16.9.